The summed E-state index contributed by atoms with van der Waals surface area (Å²) in [6.45, 7) is 3.40. The monoisotopic (exact) mass is 315 g/mol. The average molecular weight is 315 g/mol. The van der Waals surface area contributed by atoms with E-state index in [2.05, 4.69) is 10.4 Å². The lowest BCUT2D eigenvalue weighted by molar-refractivity contribution is -0.127. The molecular weight excluding hydrogens is 294 g/mol. The minimum absolute atomic E-state index is 0.162. The van der Waals surface area contributed by atoms with Gasteiger partial charge in [0.05, 0.1) is 25.5 Å². The molecule has 0 saturated heterocycles. The largest absolute Gasteiger partial charge is 0.481 e. The molecule has 1 aromatic carbocycles. The number of carbonyl (C=O) groups is 1. The lowest BCUT2D eigenvalue weighted by Gasteiger charge is -2.15. The summed E-state index contributed by atoms with van der Waals surface area (Å²) in [5, 5.41) is 7.38. The number of aromatic nitrogens is 2. The zero-order valence-corrected chi connectivity index (χ0v) is 13.4. The van der Waals surface area contributed by atoms with E-state index < -0.39 is 6.10 Å². The molecule has 1 atom stereocenters. The Hall–Kier alpha value is -2.34. The van der Waals surface area contributed by atoms with Gasteiger partial charge in [0.15, 0.2) is 6.10 Å². The molecule has 6 heteroatoms. The van der Waals surface area contributed by atoms with Gasteiger partial charge < -0.3 is 14.8 Å². The van der Waals surface area contributed by atoms with E-state index in [-0.39, 0.29) is 5.91 Å². The number of carbonyl (C=O) groups excluding carboxylic acids is 1. The summed E-state index contributed by atoms with van der Waals surface area (Å²) >= 11 is 0. The second kappa shape index (κ2) is 6.83. The lowest BCUT2D eigenvalue weighted by atomic mass is 10.1. The summed E-state index contributed by atoms with van der Waals surface area (Å²) in [6, 6.07) is 9.32. The fraction of sp³-hybridized carbons (Fsp3) is 0.412. The van der Waals surface area contributed by atoms with Crippen molar-refractivity contribution in [3.05, 3.63) is 47.3 Å². The highest BCUT2D eigenvalue weighted by molar-refractivity contribution is 5.80. The van der Waals surface area contributed by atoms with Gasteiger partial charge in [0.2, 0.25) is 0 Å². The number of fused-ring (bicyclic) bond motifs is 1. The number of para-hydroxylation sites is 1. The van der Waals surface area contributed by atoms with Crippen molar-refractivity contribution in [1.29, 1.82) is 0 Å². The van der Waals surface area contributed by atoms with Gasteiger partial charge in [-0.05, 0) is 19.1 Å². The SMILES string of the molecule is C[C@@H](Oc1ccccc1)C(=O)NCc1nn(C)c2c1COCC2. The van der Waals surface area contributed by atoms with Crippen LogP contribution < -0.4 is 10.1 Å². The number of ether oxygens (including phenoxy) is 2. The maximum Gasteiger partial charge on any atom is 0.261 e. The van der Waals surface area contributed by atoms with Crippen molar-refractivity contribution in [2.45, 2.75) is 32.6 Å². The van der Waals surface area contributed by atoms with Crippen LogP contribution in [-0.2, 0) is 36.2 Å². The fourth-order valence-electron chi connectivity index (χ4n) is 2.70. The molecule has 1 aliphatic heterocycles. The molecule has 3 rings (SSSR count). The van der Waals surface area contributed by atoms with Crippen LogP contribution in [0.15, 0.2) is 30.3 Å². The summed E-state index contributed by atoms with van der Waals surface area (Å²) < 4.78 is 13.0. The molecule has 0 aliphatic carbocycles. The molecule has 6 nitrogen and oxygen atoms in total. The quantitative estimate of drug-likeness (QED) is 0.910. The third-order valence-electron chi connectivity index (χ3n) is 3.94. The maximum absolute atomic E-state index is 12.2. The number of nitrogens with zero attached hydrogens (tertiary/aromatic N) is 2. The Kier molecular flexibility index (Phi) is 4.62. The van der Waals surface area contributed by atoms with Crippen LogP contribution in [-0.4, -0.2) is 28.4 Å². The zero-order chi connectivity index (χ0) is 16.2. The number of rotatable bonds is 5. The highest BCUT2D eigenvalue weighted by Crippen LogP contribution is 2.20. The number of hydrogen-bond acceptors (Lipinski definition) is 4. The van der Waals surface area contributed by atoms with Crippen LogP contribution in [0.3, 0.4) is 0 Å². The highest BCUT2D eigenvalue weighted by Gasteiger charge is 2.21. The van der Waals surface area contributed by atoms with Gasteiger partial charge in [0, 0.05) is 24.7 Å². The number of amides is 1. The van der Waals surface area contributed by atoms with Gasteiger partial charge in [-0.1, -0.05) is 18.2 Å². The Labute approximate surface area is 135 Å². The summed E-state index contributed by atoms with van der Waals surface area (Å²) in [7, 11) is 1.93. The Morgan fingerprint density at radius 1 is 1.43 bits per heavy atom. The van der Waals surface area contributed by atoms with Crippen molar-refractivity contribution in [3.8, 4) is 5.75 Å². The Morgan fingerprint density at radius 3 is 3.00 bits per heavy atom. The van der Waals surface area contributed by atoms with E-state index in [9.17, 15) is 4.79 Å². The third kappa shape index (κ3) is 3.53. The van der Waals surface area contributed by atoms with Crippen LogP contribution in [0, 0.1) is 0 Å². The van der Waals surface area contributed by atoms with Crippen LogP contribution in [0.4, 0.5) is 0 Å². The molecule has 0 radical (unpaired) electrons. The minimum Gasteiger partial charge on any atom is -0.481 e. The first-order valence-electron chi connectivity index (χ1n) is 7.76. The third-order valence-corrected chi connectivity index (χ3v) is 3.94. The van der Waals surface area contributed by atoms with Crippen LogP contribution in [0.2, 0.25) is 0 Å². The van der Waals surface area contributed by atoms with Gasteiger partial charge in [-0.3, -0.25) is 9.48 Å². The Balaban J connectivity index is 1.59. The molecule has 0 bridgehead atoms. The second-order valence-corrected chi connectivity index (χ2v) is 5.59. The second-order valence-electron chi connectivity index (χ2n) is 5.59. The van der Waals surface area contributed by atoms with Gasteiger partial charge in [-0.15, -0.1) is 0 Å². The Bertz CT molecular complexity index is 682. The Morgan fingerprint density at radius 2 is 2.22 bits per heavy atom. The van der Waals surface area contributed by atoms with Gasteiger partial charge in [-0.25, -0.2) is 0 Å². The van der Waals surface area contributed by atoms with E-state index in [1.54, 1.807) is 6.92 Å². The predicted molar refractivity (Wildman–Crippen MR) is 84.9 cm³/mol. The predicted octanol–water partition coefficient (Wildman–Crippen LogP) is 1.58. The molecule has 1 aliphatic rings. The fourth-order valence-corrected chi connectivity index (χ4v) is 2.70. The first-order valence-corrected chi connectivity index (χ1v) is 7.76. The molecule has 1 amide bonds. The normalized spacial score (nSPS) is 14.9. The molecule has 0 saturated carbocycles. The van der Waals surface area contributed by atoms with Crippen molar-refractivity contribution in [2.24, 2.45) is 7.05 Å². The first kappa shape index (κ1) is 15.6. The number of hydrogen-bond donors (Lipinski definition) is 1. The van der Waals surface area contributed by atoms with Crippen LogP contribution in [0.25, 0.3) is 0 Å². The van der Waals surface area contributed by atoms with Gasteiger partial charge in [0.25, 0.3) is 5.91 Å². The smallest absolute Gasteiger partial charge is 0.261 e. The lowest BCUT2D eigenvalue weighted by Crippen LogP contribution is -2.36. The molecule has 0 fully saturated rings. The summed E-state index contributed by atoms with van der Waals surface area (Å²) in [5.41, 5.74) is 3.15. The van der Waals surface area contributed by atoms with E-state index in [4.69, 9.17) is 9.47 Å². The van der Waals surface area contributed by atoms with Gasteiger partial charge >= 0.3 is 0 Å². The van der Waals surface area contributed by atoms with Gasteiger partial charge in [-0.2, -0.15) is 5.10 Å². The van der Waals surface area contributed by atoms with Crippen LogP contribution >= 0.6 is 0 Å². The van der Waals surface area contributed by atoms with Crippen molar-refractivity contribution in [2.75, 3.05) is 6.61 Å². The minimum atomic E-state index is -0.562. The zero-order valence-electron chi connectivity index (χ0n) is 13.4. The molecule has 122 valence electrons. The summed E-state index contributed by atoms with van der Waals surface area (Å²) in [6.07, 6.45) is 0.300. The van der Waals surface area contributed by atoms with Crippen molar-refractivity contribution >= 4 is 5.91 Å². The molecule has 0 unspecified atom stereocenters. The maximum atomic E-state index is 12.2. The van der Waals surface area contributed by atoms with Crippen molar-refractivity contribution in [1.82, 2.24) is 15.1 Å². The standard InChI is InChI=1S/C17H21N3O3/c1-12(23-13-6-4-3-5-7-13)17(21)18-10-15-14-11-22-9-8-16(14)20(2)19-15/h3-7,12H,8-11H2,1-2H3,(H,18,21)/t12-/m1/s1. The molecular formula is C17H21N3O3. The first-order chi connectivity index (χ1) is 11.1. The molecule has 1 aromatic heterocycles. The molecule has 23 heavy (non-hydrogen) atoms. The van der Waals surface area contributed by atoms with E-state index in [0.717, 1.165) is 24.3 Å². The number of aryl methyl sites for hydroxylation is 1. The van der Waals surface area contributed by atoms with Crippen LogP contribution in [0.1, 0.15) is 23.9 Å². The highest BCUT2D eigenvalue weighted by atomic mass is 16.5. The molecule has 0 spiro atoms. The average Bonchev–Trinajstić information content (AvgIpc) is 2.90. The topological polar surface area (TPSA) is 65.4 Å². The van der Waals surface area contributed by atoms with Crippen molar-refractivity contribution in [3.63, 3.8) is 0 Å². The number of benzene rings is 1. The van der Waals surface area contributed by atoms with E-state index >= 15 is 0 Å². The van der Waals surface area contributed by atoms with Crippen LogP contribution in [0.5, 0.6) is 5.75 Å². The van der Waals surface area contributed by atoms with Gasteiger partial charge in [0.1, 0.15) is 5.75 Å². The van der Waals surface area contributed by atoms with E-state index in [1.165, 1.54) is 5.69 Å². The molecule has 2 aromatic rings. The van der Waals surface area contributed by atoms with E-state index in [1.807, 2.05) is 42.1 Å². The molecule has 2 heterocycles. The van der Waals surface area contributed by atoms with Crippen molar-refractivity contribution < 1.29 is 14.3 Å². The number of nitrogens with one attached hydrogen (secondary N) is 1. The summed E-state index contributed by atoms with van der Waals surface area (Å²) in [5.74, 6) is 0.517. The van der Waals surface area contributed by atoms with E-state index in [0.29, 0.717) is 18.9 Å². The molecule has 1 N–H and O–H groups in total. The summed E-state index contributed by atoms with van der Waals surface area (Å²) in [4.78, 5) is 12.2.